The summed E-state index contributed by atoms with van der Waals surface area (Å²) in [6.07, 6.45) is 0.340. The first-order valence-corrected chi connectivity index (χ1v) is 5.74. The van der Waals surface area contributed by atoms with Crippen LogP contribution in [-0.2, 0) is 13.0 Å². The van der Waals surface area contributed by atoms with Gasteiger partial charge in [-0.3, -0.25) is 14.9 Å². The minimum Gasteiger partial charge on any atom is -0.486 e. The molecule has 1 aromatic carbocycles. The van der Waals surface area contributed by atoms with Crippen LogP contribution in [0.15, 0.2) is 12.1 Å². The fourth-order valence-corrected chi connectivity index (χ4v) is 2.54. The molecule has 0 N–H and O–H groups in total. The van der Waals surface area contributed by atoms with E-state index < -0.39 is 6.04 Å². The van der Waals surface area contributed by atoms with Gasteiger partial charge in [0.15, 0.2) is 6.61 Å². The van der Waals surface area contributed by atoms with Gasteiger partial charge < -0.3 is 9.64 Å². The number of carbonyl (C=O) groups is 1. The first-order chi connectivity index (χ1) is 8.58. The van der Waals surface area contributed by atoms with E-state index in [0.717, 1.165) is 11.1 Å². The van der Waals surface area contributed by atoms with E-state index >= 15 is 0 Å². The third-order valence-electron chi connectivity index (χ3n) is 3.53. The number of ether oxygens (including phenoxy) is 1. The molecule has 0 fully saturated rings. The highest BCUT2D eigenvalue weighted by molar-refractivity contribution is 5.98. The molecular weight excluding hydrogens is 236 g/mol. The van der Waals surface area contributed by atoms with Crippen LogP contribution in [0.1, 0.15) is 21.5 Å². The fourth-order valence-electron chi connectivity index (χ4n) is 2.54. The van der Waals surface area contributed by atoms with Gasteiger partial charge >= 0.3 is 0 Å². The van der Waals surface area contributed by atoms with Gasteiger partial charge in [-0.2, -0.15) is 0 Å². The predicted octanol–water partition coefficient (Wildman–Crippen LogP) is 0.852. The number of hydrogen-bond donors (Lipinski definition) is 0. The van der Waals surface area contributed by atoms with Gasteiger partial charge in [0, 0.05) is 36.1 Å². The van der Waals surface area contributed by atoms with Gasteiger partial charge in [-0.15, -0.1) is 0 Å². The first kappa shape index (κ1) is 11.0. The molecule has 1 atom stereocenters. The van der Waals surface area contributed by atoms with E-state index in [0.29, 0.717) is 24.3 Å². The molecule has 1 unspecified atom stereocenters. The molecule has 2 aliphatic heterocycles. The zero-order valence-electron chi connectivity index (χ0n) is 9.88. The quantitative estimate of drug-likeness (QED) is 0.545. The number of fused-ring (bicyclic) bond motifs is 3. The van der Waals surface area contributed by atoms with E-state index in [9.17, 15) is 14.9 Å². The molecule has 0 aliphatic carbocycles. The zero-order valence-corrected chi connectivity index (χ0v) is 9.88. The van der Waals surface area contributed by atoms with E-state index in [4.69, 9.17) is 4.74 Å². The van der Waals surface area contributed by atoms with Crippen LogP contribution < -0.4 is 4.74 Å². The van der Waals surface area contributed by atoms with Crippen LogP contribution >= 0.6 is 0 Å². The molecule has 6 heteroatoms. The second kappa shape index (κ2) is 3.69. The lowest BCUT2D eigenvalue weighted by Crippen LogP contribution is -2.33. The van der Waals surface area contributed by atoms with E-state index in [1.165, 1.54) is 0 Å². The molecule has 1 aromatic rings. The van der Waals surface area contributed by atoms with Crippen molar-refractivity contribution in [2.75, 3.05) is 13.7 Å². The maximum atomic E-state index is 11.8. The average Bonchev–Trinajstić information content (AvgIpc) is 2.65. The summed E-state index contributed by atoms with van der Waals surface area (Å²) in [6.45, 7) is 0.605. The SMILES string of the molecule is CN1Cc2c(ccc3c2CC([N+](=O)[O-])CO3)C1=O. The van der Waals surface area contributed by atoms with Gasteiger partial charge in [0.05, 0.1) is 0 Å². The van der Waals surface area contributed by atoms with Crippen LogP contribution in [0.25, 0.3) is 0 Å². The normalized spacial score (nSPS) is 21.3. The van der Waals surface area contributed by atoms with Crippen molar-refractivity contribution in [2.45, 2.75) is 19.0 Å². The van der Waals surface area contributed by atoms with Crippen LogP contribution in [0.2, 0.25) is 0 Å². The van der Waals surface area contributed by atoms with Crippen molar-refractivity contribution in [2.24, 2.45) is 0 Å². The van der Waals surface area contributed by atoms with E-state index in [-0.39, 0.29) is 17.4 Å². The smallest absolute Gasteiger partial charge is 0.254 e. The highest BCUT2D eigenvalue weighted by Crippen LogP contribution is 2.35. The first-order valence-electron chi connectivity index (χ1n) is 5.74. The van der Waals surface area contributed by atoms with Crippen LogP contribution in [0.3, 0.4) is 0 Å². The second-order valence-corrected chi connectivity index (χ2v) is 4.68. The topological polar surface area (TPSA) is 72.7 Å². The summed E-state index contributed by atoms with van der Waals surface area (Å²) in [7, 11) is 1.73. The highest BCUT2D eigenvalue weighted by Gasteiger charge is 2.35. The van der Waals surface area contributed by atoms with Crippen LogP contribution in [0.4, 0.5) is 0 Å². The van der Waals surface area contributed by atoms with Crippen molar-refractivity contribution >= 4 is 5.91 Å². The third-order valence-corrected chi connectivity index (χ3v) is 3.53. The fraction of sp³-hybridized carbons (Fsp3) is 0.417. The largest absolute Gasteiger partial charge is 0.486 e. The Balaban J connectivity index is 2.06. The molecule has 94 valence electrons. The van der Waals surface area contributed by atoms with Crippen molar-refractivity contribution in [3.8, 4) is 5.75 Å². The Morgan fingerprint density at radius 1 is 1.44 bits per heavy atom. The Labute approximate surface area is 103 Å². The molecule has 18 heavy (non-hydrogen) atoms. The average molecular weight is 248 g/mol. The number of carbonyl (C=O) groups excluding carboxylic acids is 1. The monoisotopic (exact) mass is 248 g/mol. The summed E-state index contributed by atoms with van der Waals surface area (Å²) in [5.74, 6) is 0.644. The summed E-state index contributed by atoms with van der Waals surface area (Å²) >= 11 is 0. The summed E-state index contributed by atoms with van der Waals surface area (Å²) in [4.78, 5) is 24.0. The minimum absolute atomic E-state index is 0.0315. The van der Waals surface area contributed by atoms with Crippen molar-refractivity contribution in [1.29, 1.82) is 0 Å². The molecule has 1 amide bonds. The molecule has 0 bridgehead atoms. The lowest BCUT2D eigenvalue weighted by molar-refractivity contribution is -0.525. The minimum atomic E-state index is -0.718. The Morgan fingerprint density at radius 2 is 2.22 bits per heavy atom. The maximum Gasteiger partial charge on any atom is 0.254 e. The Bertz CT molecular complexity index is 555. The third kappa shape index (κ3) is 1.45. The van der Waals surface area contributed by atoms with Gasteiger partial charge in [0.1, 0.15) is 5.75 Å². The molecular formula is C12H12N2O4. The number of nitro groups is 1. The summed E-state index contributed by atoms with van der Waals surface area (Å²) in [5.41, 5.74) is 2.34. The van der Waals surface area contributed by atoms with Crippen molar-refractivity contribution in [3.63, 3.8) is 0 Å². The van der Waals surface area contributed by atoms with Gasteiger partial charge in [-0.05, 0) is 17.7 Å². The Morgan fingerprint density at radius 3 is 2.94 bits per heavy atom. The van der Waals surface area contributed by atoms with Gasteiger partial charge in [-0.25, -0.2) is 0 Å². The molecule has 2 aliphatic rings. The van der Waals surface area contributed by atoms with Gasteiger partial charge in [0.25, 0.3) is 11.9 Å². The molecule has 2 heterocycles. The van der Waals surface area contributed by atoms with Crippen LogP contribution in [-0.4, -0.2) is 35.4 Å². The second-order valence-electron chi connectivity index (χ2n) is 4.68. The molecule has 0 saturated heterocycles. The molecule has 0 spiro atoms. The zero-order chi connectivity index (χ0) is 12.9. The van der Waals surface area contributed by atoms with E-state index in [2.05, 4.69) is 0 Å². The summed E-state index contributed by atoms with van der Waals surface area (Å²) in [5, 5.41) is 10.8. The van der Waals surface area contributed by atoms with Crippen LogP contribution in [0.5, 0.6) is 5.75 Å². The number of hydrogen-bond acceptors (Lipinski definition) is 4. The van der Waals surface area contributed by atoms with Crippen molar-refractivity contribution in [1.82, 2.24) is 4.90 Å². The number of amides is 1. The van der Waals surface area contributed by atoms with Crippen molar-refractivity contribution < 1.29 is 14.5 Å². The van der Waals surface area contributed by atoms with E-state index in [1.54, 1.807) is 24.1 Å². The molecule has 0 radical (unpaired) electrons. The Hall–Kier alpha value is -2.11. The van der Waals surface area contributed by atoms with Crippen LogP contribution in [0, 0.1) is 10.1 Å². The molecule has 3 rings (SSSR count). The molecule has 0 aromatic heterocycles. The number of rotatable bonds is 1. The highest BCUT2D eigenvalue weighted by atomic mass is 16.6. The van der Waals surface area contributed by atoms with Gasteiger partial charge in [-0.1, -0.05) is 0 Å². The molecule has 0 saturated carbocycles. The van der Waals surface area contributed by atoms with Gasteiger partial charge in [0.2, 0.25) is 0 Å². The Kier molecular flexibility index (Phi) is 2.26. The predicted molar refractivity (Wildman–Crippen MR) is 62.2 cm³/mol. The summed E-state index contributed by atoms with van der Waals surface area (Å²) < 4.78 is 5.42. The standard InChI is InChI=1S/C12H12N2O4/c1-13-5-10-8(12(13)15)2-3-11-9(10)4-7(6-18-11)14(16)17/h2-3,7H,4-6H2,1H3. The maximum absolute atomic E-state index is 11.8. The number of benzene rings is 1. The van der Waals surface area contributed by atoms with E-state index in [1.807, 2.05) is 0 Å². The summed E-state index contributed by atoms with van der Waals surface area (Å²) in [6, 6.07) is 2.76. The molecule has 6 nitrogen and oxygen atoms in total. The lowest BCUT2D eigenvalue weighted by Gasteiger charge is -2.22. The van der Waals surface area contributed by atoms with Crippen molar-refractivity contribution in [3.05, 3.63) is 38.9 Å². The lowest BCUT2D eigenvalue weighted by atomic mass is 9.95. The number of nitrogens with zero attached hydrogens (tertiary/aromatic N) is 2.